The van der Waals surface area contributed by atoms with Gasteiger partial charge in [-0.25, -0.2) is 0 Å². The van der Waals surface area contributed by atoms with Crippen molar-refractivity contribution in [1.82, 2.24) is 20.5 Å². The van der Waals surface area contributed by atoms with Gasteiger partial charge in [-0.15, -0.1) is 24.0 Å². The van der Waals surface area contributed by atoms with Crippen molar-refractivity contribution in [3.05, 3.63) is 30.1 Å². The van der Waals surface area contributed by atoms with Gasteiger partial charge in [0.25, 0.3) is 0 Å². The molecule has 1 aromatic heterocycles. The van der Waals surface area contributed by atoms with Crippen LogP contribution in [0.4, 0.5) is 0 Å². The fourth-order valence-electron chi connectivity index (χ4n) is 1.69. The number of nitrogens with one attached hydrogen (secondary N) is 2. The maximum atomic E-state index is 4.56. The molecular formula is C15H28IN5. The van der Waals surface area contributed by atoms with Crippen LogP contribution in [-0.2, 0) is 6.42 Å². The molecule has 0 aliphatic carbocycles. The first kappa shape index (κ1) is 20.1. The van der Waals surface area contributed by atoms with Crippen molar-refractivity contribution in [3.8, 4) is 0 Å². The van der Waals surface area contributed by atoms with Crippen molar-refractivity contribution in [3.63, 3.8) is 0 Å². The van der Waals surface area contributed by atoms with Gasteiger partial charge in [-0.2, -0.15) is 0 Å². The van der Waals surface area contributed by atoms with Gasteiger partial charge >= 0.3 is 0 Å². The molecule has 1 heterocycles. The zero-order valence-electron chi connectivity index (χ0n) is 13.3. The zero-order chi connectivity index (χ0) is 14.6. The number of rotatable bonds is 8. The van der Waals surface area contributed by atoms with Gasteiger partial charge < -0.3 is 15.5 Å². The van der Waals surface area contributed by atoms with Gasteiger partial charge in [-0.3, -0.25) is 9.98 Å². The average molecular weight is 405 g/mol. The normalized spacial score (nSPS) is 11.1. The highest BCUT2D eigenvalue weighted by atomic mass is 127. The third kappa shape index (κ3) is 9.62. The van der Waals surface area contributed by atoms with Crippen LogP contribution in [0.15, 0.2) is 29.4 Å². The van der Waals surface area contributed by atoms with Crippen LogP contribution in [0.1, 0.15) is 19.5 Å². The topological polar surface area (TPSA) is 52.6 Å². The van der Waals surface area contributed by atoms with Gasteiger partial charge in [0.15, 0.2) is 5.96 Å². The van der Waals surface area contributed by atoms with Crippen LogP contribution in [-0.4, -0.2) is 55.6 Å². The van der Waals surface area contributed by atoms with E-state index in [4.69, 9.17) is 0 Å². The van der Waals surface area contributed by atoms with Crippen LogP contribution in [0.2, 0.25) is 0 Å². The molecule has 0 amide bonds. The van der Waals surface area contributed by atoms with Crippen molar-refractivity contribution >= 4 is 29.9 Å². The summed E-state index contributed by atoms with van der Waals surface area (Å²) in [7, 11) is 2.11. The maximum Gasteiger partial charge on any atom is 0.191 e. The largest absolute Gasteiger partial charge is 0.357 e. The molecule has 0 radical (unpaired) electrons. The first-order chi connectivity index (χ1) is 9.76. The molecule has 5 nitrogen and oxygen atoms in total. The number of guanidine groups is 1. The van der Waals surface area contributed by atoms with Gasteiger partial charge in [-0.05, 0) is 32.6 Å². The van der Waals surface area contributed by atoms with Crippen LogP contribution < -0.4 is 10.6 Å². The molecule has 0 saturated carbocycles. The second kappa shape index (κ2) is 12.8. The predicted molar refractivity (Wildman–Crippen MR) is 101 cm³/mol. The molecule has 0 bridgehead atoms. The molecule has 21 heavy (non-hydrogen) atoms. The number of aliphatic imine (C=N–C) groups is 1. The fourth-order valence-corrected chi connectivity index (χ4v) is 1.69. The van der Waals surface area contributed by atoms with E-state index in [1.165, 1.54) is 0 Å². The molecule has 0 aliphatic rings. The van der Waals surface area contributed by atoms with E-state index >= 15 is 0 Å². The highest BCUT2D eigenvalue weighted by Crippen LogP contribution is 1.93. The van der Waals surface area contributed by atoms with Gasteiger partial charge in [-0.1, -0.05) is 13.0 Å². The van der Waals surface area contributed by atoms with Crippen molar-refractivity contribution < 1.29 is 0 Å². The molecule has 0 fully saturated rings. The summed E-state index contributed by atoms with van der Waals surface area (Å²) in [6.45, 7) is 8.79. The summed E-state index contributed by atoms with van der Waals surface area (Å²) in [5, 5.41) is 6.60. The molecule has 1 aromatic rings. The first-order valence-corrected chi connectivity index (χ1v) is 7.36. The highest BCUT2D eigenvalue weighted by molar-refractivity contribution is 14.0. The van der Waals surface area contributed by atoms with Crippen molar-refractivity contribution in [1.29, 1.82) is 0 Å². The standard InChI is InChI=1S/C15H27N5.HI/c1-4-16-15(19-12-13-20(3)5-2)18-11-9-14-8-6-7-10-17-14;/h6-8,10H,4-5,9,11-13H2,1-3H3,(H2,16,18,19);1H. The molecule has 2 N–H and O–H groups in total. The van der Waals surface area contributed by atoms with E-state index in [1.807, 2.05) is 24.4 Å². The van der Waals surface area contributed by atoms with Crippen LogP contribution in [0, 0.1) is 0 Å². The summed E-state index contributed by atoms with van der Waals surface area (Å²) in [6, 6.07) is 6.00. The van der Waals surface area contributed by atoms with E-state index in [0.717, 1.165) is 50.8 Å². The van der Waals surface area contributed by atoms with Crippen LogP contribution in [0.5, 0.6) is 0 Å². The SMILES string of the molecule is CCNC(=NCCN(C)CC)NCCc1ccccn1.I. The second-order valence-electron chi connectivity index (χ2n) is 4.65. The Morgan fingerprint density at radius 1 is 1.29 bits per heavy atom. The summed E-state index contributed by atoms with van der Waals surface area (Å²) in [5.41, 5.74) is 1.10. The molecule has 0 spiro atoms. The number of pyridine rings is 1. The van der Waals surface area contributed by atoms with E-state index in [9.17, 15) is 0 Å². The van der Waals surface area contributed by atoms with E-state index in [1.54, 1.807) is 0 Å². The van der Waals surface area contributed by atoms with E-state index in [2.05, 4.69) is 46.4 Å². The molecule has 0 saturated heterocycles. The highest BCUT2D eigenvalue weighted by Gasteiger charge is 1.99. The fraction of sp³-hybridized carbons (Fsp3) is 0.600. The van der Waals surface area contributed by atoms with Crippen LogP contribution in [0.3, 0.4) is 0 Å². The average Bonchev–Trinajstić information content (AvgIpc) is 2.48. The molecular weight excluding hydrogens is 377 g/mol. The zero-order valence-corrected chi connectivity index (χ0v) is 15.6. The van der Waals surface area contributed by atoms with Gasteiger partial charge in [0.05, 0.1) is 6.54 Å². The summed E-state index contributed by atoms with van der Waals surface area (Å²) in [4.78, 5) is 11.1. The van der Waals surface area contributed by atoms with Crippen LogP contribution in [0.25, 0.3) is 0 Å². The Kier molecular flexibility index (Phi) is 12.3. The number of halogens is 1. The Morgan fingerprint density at radius 2 is 2.10 bits per heavy atom. The molecule has 1 rings (SSSR count). The lowest BCUT2D eigenvalue weighted by Gasteiger charge is -2.14. The van der Waals surface area contributed by atoms with Crippen molar-refractivity contribution in [2.24, 2.45) is 4.99 Å². The molecule has 120 valence electrons. The van der Waals surface area contributed by atoms with Gasteiger partial charge in [0.1, 0.15) is 0 Å². The monoisotopic (exact) mass is 405 g/mol. The summed E-state index contributed by atoms with van der Waals surface area (Å²) in [6.07, 6.45) is 2.73. The van der Waals surface area contributed by atoms with Gasteiger partial charge in [0, 0.05) is 37.9 Å². The third-order valence-corrected chi connectivity index (χ3v) is 3.04. The molecule has 0 aromatic carbocycles. The minimum Gasteiger partial charge on any atom is -0.357 e. The number of hydrogen-bond donors (Lipinski definition) is 2. The molecule has 6 heteroatoms. The minimum atomic E-state index is 0. The van der Waals surface area contributed by atoms with Crippen molar-refractivity contribution in [2.75, 3.05) is 39.8 Å². The minimum absolute atomic E-state index is 0. The summed E-state index contributed by atoms with van der Waals surface area (Å²) < 4.78 is 0. The lowest BCUT2D eigenvalue weighted by atomic mass is 10.3. The van der Waals surface area contributed by atoms with Crippen molar-refractivity contribution in [2.45, 2.75) is 20.3 Å². The quantitative estimate of drug-likeness (QED) is 0.393. The predicted octanol–water partition coefficient (Wildman–Crippen LogP) is 1.75. The van der Waals surface area contributed by atoms with E-state index in [0.29, 0.717) is 0 Å². The van der Waals surface area contributed by atoms with E-state index < -0.39 is 0 Å². The number of nitrogens with zero attached hydrogens (tertiary/aromatic N) is 3. The van der Waals surface area contributed by atoms with Gasteiger partial charge in [0.2, 0.25) is 0 Å². The molecule has 0 atom stereocenters. The Morgan fingerprint density at radius 3 is 2.71 bits per heavy atom. The lowest BCUT2D eigenvalue weighted by molar-refractivity contribution is 0.363. The lowest BCUT2D eigenvalue weighted by Crippen LogP contribution is -2.39. The third-order valence-electron chi connectivity index (χ3n) is 3.04. The number of hydrogen-bond acceptors (Lipinski definition) is 3. The molecule has 0 aliphatic heterocycles. The van der Waals surface area contributed by atoms with E-state index in [-0.39, 0.29) is 24.0 Å². The summed E-state index contributed by atoms with van der Waals surface area (Å²) >= 11 is 0. The second-order valence-corrected chi connectivity index (χ2v) is 4.65. The Hall–Kier alpha value is -0.890. The Bertz CT molecular complexity index is 383. The number of likely N-dealkylation sites (N-methyl/N-ethyl adjacent to an activating group) is 1. The summed E-state index contributed by atoms with van der Waals surface area (Å²) in [5.74, 6) is 0.882. The molecule has 0 unspecified atom stereocenters. The Labute approximate surface area is 145 Å². The maximum absolute atomic E-state index is 4.56. The smallest absolute Gasteiger partial charge is 0.191 e. The Balaban J connectivity index is 0.00000400. The first-order valence-electron chi connectivity index (χ1n) is 7.36. The number of aromatic nitrogens is 1. The van der Waals surface area contributed by atoms with Crippen LogP contribution >= 0.6 is 24.0 Å².